The summed E-state index contributed by atoms with van der Waals surface area (Å²) in [5.74, 6) is -2.52. The predicted octanol–water partition coefficient (Wildman–Crippen LogP) is 3.58. The number of para-hydroxylation sites is 1. The third-order valence-corrected chi connectivity index (χ3v) is 2.94. The zero-order chi connectivity index (χ0) is 14.4. The van der Waals surface area contributed by atoms with Gasteiger partial charge in [-0.3, -0.25) is 0 Å². The second-order valence-corrected chi connectivity index (χ2v) is 4.50. The molecule has 0 saturated heterocycles. The molecule has 1 N–H and O–H groups in total. The van der Waals surface area contributed by atoms with Crippen molar-refractivity contribution in [2.75, 3.05) is 13.7 Å². The molecular formula is C16H17F2NO. The van der Waals surface area contributed by atoms with E-state index in [1.54, 1.807) is 37.4 Å². The predicted molar refractivity (Wildman–Crippen MR) is 75.0 cm³/mol. The highest BCUT2D eigenvalue weighted by molar-refractivity contribution is 5.33. The molecule has 0 heterocycles. The fraction of sp³-hybridized carbons (Fsp3) is 0.250. The number of nitrogens with one attached hydrogen (secondary N) is 1. The summed E-state index contributed by atoms with van der Waals surface area (Å²) in [5.41, 5.74) is 0.824. The van der Waals surface area contributed by atoms with Crippen molar-refractivity contribution in [3.8, 4) is 5.75 Å². The Morgan fingerprint density at radius 2 is 1.65 bits per heavy atom. The molecule has 0 aliphatic carbocycles. The fourth-order valence-electron chi connectivity index (χ4n) is 1.91. The lowest BCUT2D eigenvalue weighted by Crippen LogP contribution is -2.23. The number of benzene rings is 2. The van der Waals surface area contributed by atoms with E-state index in [1.807, 2.05) is 12.1 Å². The lowest BCUT2D eigenvalue weighted by atomic mass is 10.1. The highest BCUT2D eigenvalue weighted by Gasteiger charge is 2.32. The molecule has 2 aromatic carbocycles. The molecular weight excluding hydrogens is 260 g/mol. The molecule has 4 heteroatoms. The summed E-state index contributed by atoms with van der Waals surface area (Å²) >= 11 is 0. The molecule has 0 amide bonds. The highest BCUT2D eigenvalue weighted by atomic mass is 19.3. The van der Waals surface area contributed by atoms with E-state index in [2.05, 4.69) is 5.32 Å². The number of rotatable bonds is 6. The van der Waals surface area contributed by atoms with E-state index < -0.39 is 12.5 Å². The third kappa shape index (κ3) is 3.54. The van der Waals surface area contributed by atoms with Gasteiger partial charge >= 0.3 is 5.92 Å². The Kier molecular flexibility index (Phi) is 4.69. The van der Waals surface area contributed by atoms with Gasteiger partial charge in [0.05, 0.1) is 0 Å². The molecule has 0 bridgehead atoms. The SMILES string of the molecule is CNCc1ccccc1OCC(F)(F)c1ccccc1. The molecule has 0 spiro atoms. The molecule has 106 valence electrons. The van der Waals surface area contributed by atoms with Crippen LogP contribution in [0.1, 0.15) is 11.1 Å². The Morgan fingerprint density at radius 3 is 2.35 bits per heavy atom. The van der Waals surface area contributed by atoms with Crippen LogP contribution in [0.5, 0.6) is 5.75 Å². The Balaban J connectivity index is 2.08. The maximum absolute atomic E-state index is 14.0. The summed E-state index contributed by atoms with van der Waals surface area (Å²) in [5, 5.41) is 2.99. The first kappa shape index (κ1) is 14.5. The van der Waals surface area contributed by atoms with E-state index >= 15 is 0 Å². The van der Waals surface area contributed by atoms with Gasteiger partial charge in [-0.15, -0.1) is 0 Å². The normalized spacial score (nSPS) is 11.3. The van der Waals surface area contributed by atoms with Gasteiger partial charge in [0, 0.05) is 17.7 Å². The van der Waals surface area contributed by atoms with Gasteiger partial charge in [-0.25, -0.2) is 0 Å². The van der Waals surface area contributed by atoms with E-state index in [0.29, 0.717) is 12.3 Å². The van der Waals surface area contributed by atoms with Gasteiger partial charge in [0.25, 0.3) is 0 Å². The smallest absolute Gasteiger partial charge is 0.306 e. The average molecular weight is 277 g/mol. The first-order valence-corrected chi connectivity index (χ1v) is 6.42. The quantitative estimate of drug-likeness (QED) is 0.871. The van der Waals surface area contributed by atoms with E-state index in [9.17, 15) is 8.78 Å². The third-order valence-electron chi connectivity index (χ3n) is 2.94. The minimum Gasteiger partial charge on any atom is -0.487 e. The van der Waals surface area contributed by atoms with Gasteiger partial charge in [-0.05, 0) is 13.1 Å². The number of alkyl halides is 2. The zero-order valence-corrected chi connectivity index (χ0v) is 11.3. The molecule has 0 radical (unpaired) electrons. The van der Waals surface area contributed by atoms with E-state index in [4.69, 9.17) is 4.74 Å². The molecule has 0 aliphatic rings. The molecule has 20 heavy (non-hydrogen) atoms. The molecule has 2 rings (SSSR count). The summed E-state index contributed by atoms with van der Waals surface area (Å²) in [6.07, 6.45) is 0. The van der Waals surface area contributed by atoms with E-state index in [1.165, 1.54) is 12.1 Å². The molecule has 2 nitrogen and oxygen atoms in total. The van der Waals surface area contributed by atoms with Crippen LogP contribution in [-0.4, -0.2) is 13.7 Å². The maximum atomic E-state index is 14.0. The molecule has 0 atom stereocenters. The average Bonchev–Trinajstić information content (AvgIpc) is 2.48. The topological polar surface area (TPSA) is 21.3 Å². The summed E-state index contributed by atoms with van der Waals surface area (Å²) in [6.45, 7) is -0.0924. The maximum Gasteiger partial charge on any atom is 0.306 e. The van der Waals surface area contributed by atoms with Crippen molar-refractivity contribution in [2.24, 2.45) is 0 Å². The molecule has 0 aliphatic heterocycles. The number of ether oxygens (including phenoxy) is 1. The van der Waals surface area contributed by atoms with Crippen molar-refractivity contribution < 1.29 is 13.5 Å². The lowest BCUT2D eigenvalue weighted by molar-refractivity contribution is -0.0469. The van der Waals surface area contributed by atoms with Crippen molar-refractivity contribution in [3.63, 3.8) is 0 Å². The Hall–Kier alpha value is -1.94. The van der Waals surface area contributed by atoms with Gasteiger partial charge < -0.3 is 10.1 Å². The van der Waals surface area contributed by atoms with Crippen LogP contribution in [-0.2, 0) is 12.5 Å². The van der Waals surface area contributed by atoms with Crippen molar-refractivity contribution >= 4 is 0 Å². The van der Waals surface area contributed by atoms with Gasteiger partial charge in [0.15, 0.2) is 6.61 Å². The number of hydrogen-bond donors (Lipinski definition) is 1. The minimum atomic E-state index is -3.01. The summed E-state index contributed by atoms with van der Waals surface area (Å²) < 4.78 is 33.4. The van der Waals surface area contributed by atoms with Crippen LogP contribution in [0.3, 0.4) is 0 Å². The van der Waals surface area contributed by atoms with Gasteiger partial charge in [0.2, 0.25) is 0 Å². The minimum absolute atomic E-state index is 0.0360. The number of halogens is 2. The first-order valence-electron chi connectivity index (χ1n) is 6.42. The summed E-state index contributed by atoms with van der Waals surface area (Å²) in [6, 6.07) is 14.9. The number of hydrogen-bond acceptors (Lipinski definition) is 2. The Morgan fingerprint density at radius 1 is 1.00 bits per heavy atom. The van der Waals surface area contributed by atoms with Crippen LogP contribution in [0.2, 0.25) is 0 Å². The lowest BCUT2D eigenvalue weighted by Gasteiger charge is -2.19. The van der Waals surface area contributed by atoms with Gasteiger partial charge in [0.1, 0.15) is 5.75 Å². The van der Waals surface area contributed by atoms with Crippen LogP contribution in [0.15, 0.2) is 54.6 Å². The molecule has 0 saturated carbocycles. The van der Waals surface area contributed by atoms with Crippen LogP contribution in [0, 0.1) is 0 Å². The van der Waals surface area contributed by atoms with Crippen LogP contribution < -0.4 is 10.1 Å². The fourth-order valence-corrected chi connectivity index (χ4v) is 1.91. The molecule has 0 unspecified atom stereocenters. The largest absolute Gasteiger partial charge is 0.487 e. The van der Waals surface area contributed by atoms with Gasteiger partial charge in [-0.1, -0.05) is 48.5 Å². The highest BCUT2D eigenvalue weighted by Crippen LogP contribution is 2.29. The van der Waals surface area contributed by atoms with E-state index in [0.717, 1.165) is 5.56 Å². The molecule has 0 aromatic heterocycles. The van der Waals surface area contributed by atoms with Crippen molar-refractivity contribution in [1.82, 2.24) is 5.32 Å². The van der Waals surface area contributed by atoms with Crippen LogP contribution >= 0.6 is 0 Å². The van der Waals surface area contributed by atoms with Crippen molar-refractivity contribution in [2.45, 2.75) is 12.5 Å². The summed E-state index contributed by atoms with van der Waals surface area (Å²) in [7, 11) is 1.80. The van der Waals surface area contributed by atoms with Crippen molar-refractivity contribution in [1.29, 1.82) is 0 Å². The van der Waals surface area contributed by atoms with Crippen LogP contribution in [0.25, 0.3) is 0 Å². The zero-order valence-electron chi connectivity index (χ0n) is 11.3. The second kappa shape index (κ2) is 6.48. The molecule has 2 aromatic rings. The standard InChI is InChI=1S/C16H17F2NO/c1-19-11-13-7-5-6-10-15(13)20-12-16(17,18)14-8-3-2-4-9-14/h2-10,19H,11-12H2,1H3. The van der Waals surface area contributed by atoms with E-state index in [-0.39, 0.29) is 5.56 Å². The first-order chi connectivity index (χ1) is 9.63. The second-order valence-electron chi connectivity index (χ2n) is 4.50. The summed E-state index contributed by atoms with van der Waals surface area (Å²) in [4.78, 5) is 0. The van der Waals surface area contributed by atoms with Gasteiger partial charge in [-0.2, -0.15) is 8.78 Å². The molecule has 0 fully saturated rings. The monoisotopic (exact) mass is 277 g/mol. The van der Waals surface area contributed by atoms with Crippen molar-refractivity contribution in [3.05, 3.63) is 65.7 Å². The Labute approximate surface area is 117 Å². The Bertz CT molecular complexity index is 543. The van der Waals surface area contributed by atoms with Crippen LogP contribution in [0.4, 0.5) is 8.78 Å².